The van der Waals surface area contributed by atoms with Crippen LogP contribution in [-0.2, 0) is 0 Å². The molecule has 88 valence electrons. The summed E-state index contributed by atoms with van der Waals surface area (Å²) in [4.78, 5) is 8.07. The van der Waals surface area contributed by atoms with Gasteiger partial charge in [-0.3, -0.25) is 10.1 Å². The second-order valence-corrected chi connectivity index (χ2v) is 3.65. The zero-order valence-corrected chi connectivity index (χ0v) is 9.45. The van der Waals surface area contributed by atoms with E-state index in [-0.39, 0.29) is 0 Å². The summed E-state index contributed by atoms with van der Waals surface area (Å²) in [6, 6.07) is 11.3. The molecule has 0 atom stereocenters. The lowest BCUT2D eigenvalue weighted by atomic mass is 10.2. The van der Waals surface area contributed by atoms with Gasteiger partial charge in [0.15, 0.2) is 5.82 Å². The average Bonchev–Trinajstić information content (AvgIpc) is 2.95. The highest BCUT2D eigenvalue weighted by Gasteiger charge is 2.01. The fraction of sp³-hybridized carbons (Fsp3) is 0. The second kappa shape index (κ2) is 4.67. The molecule has 3 rings (SSSR count). The van der Waals surface area contributed by atoms with Gasteiger partial charge >= 0.3 is 0 Å². The monoisotopic (exact) mass is 238 g/mol. The molecule has 1 aromatic carbocycles. The van der Waals surface area contributed by atoms with E-state index in [2.05, 4.69) is 20.2 Å². The third-order valence-corrected chi connectivity index (χ3v) is 2.41. The molecule has 0 aliphatic rings. The summed E-state index contributed by atoms with van der Waals surface area (Å²) in [5.41, 5.74) is 0.964. The molecular weight excluding hydrogens is 228 g/mol. The van der Waals surface area contributed by atoms with Crippen molar-refractivity contribution in [3.63, 3.8) is 0 Å². The minimum Gasteiger partial charge on any atom is -0.456 e. The Morgan fingerprint density at radius 2 is 1.89 bits per heavy atom. The number of rotatable bonds is 3. The molecule has 5 nitrogen and oxygen atoms in total. The predicted molar refractivity (Wildman–Crippen MR) is 66.1 cm³/mol. The fourth-order valence-electron chi connectivity index (χ4n) is 1.57. The zero-order chi connectivity index (χ0) is 12.2. The smallest absolute Gasteiger partial charge is 0.155 e. The summed E-state index contributed by atoms with van der Waals surface area (Å²) in [7, 11) is 0. The van der Waals surface area contributed by atoms with Gasteiger partial charge in [0.05, 0.1) is 6.20 Å². The summed E-state index contributed by atoms with van der Waals surface area (Å²) in [5.74, 6) is 2.21. The average molecular weight is 238 g/mol. The third-order valence-electron chi connectivity index (χ3n) is 2.41. The SMILES string of the molecule is c1cncc(Oc2ccc(-c3ncn[nH]3)cc2)c1. The summed E-state index contributed by atoms with van der Waals surface area (Å²) in [6.45, 7) is 0. The minimum absolute atomic E-state index is 0.713. The van der Waals surface area contributed by atoms with Crippen molar-refractivity contribution in [2.45, 2.75) is 0 Å². The first-order chi connectivity index (χ1) is 8.92. The summed E-state index contributed by atoms with van der Waals surface area (Å²) in [5, 5.41) is 6.62. The lowest BCUT2D eigenvalue weighted by Crippen LogP contribution is -1.85. The van der Waals surface area contributed by atoms with Crippen LogP contribution in [0.25, 0.3) is 11.4 Å². The standard InChI is InChI=1S/C13H10N4O/c1-2-12(8-14-7-1)18-11-5-3-10(4-6-11)13-15-9-16-17-13/h1-9H,(H,15,16,17). The van der Waals surface area contributed by atoms with Gasteiger partial charge in [0.2, 0.25) is 0 Å². The van der Waals surface area contributed by atoms with Gasteiger partial charge in [-0.15, -0.1) is 0 Å². The summed E-state index contributed by atoms with van der Waals surface area (Å²) in [6.07, 6.45) is 4.86. The molecule has 0 spiro atoms. The lowest BCUT2D eigenvalue weighted by Gasteiger charge is -2.05. The molecule has 2 heterocycles. The van der Waals surface area contributed by atoms with Gasteiger partial charge in [-0.2, -0.15) is 5.10 Å². The number of H-pyrrole nitrogens is 1. The van der Waals surface area contributed by atoms with Crippen LogP contribution in [0, 0.1) is 0 Å². The number of benzene rings is 1. The molecule has 0 aliphatic heterocycles. The molecule has 0 bridgehead atoms. The van der Waals surface area contributed by atoms with E-state index in [1.54, 1.807) is 12.4 Å². The fourth-order valence-corrected chi connectivity index (χ4v) is 1.57. The lowest BCUT2D eigenvalue weighted by molar-refractivity contribution is 0.480. The van der Waals surface area contributed by atoms with Crippen LogP contribution in [0.4, 0.5) is 0 Å². The number of aromatic nitrogens is 4. The molecule has 0 amide bonds. The maximum Gasteiger partial charge on any atom is 0.155 e. The molecule has 0 aliphatic carbocycles. The Bertz CT molecular complexity index is 605. The van der Waals surface area contributed by atoms with Gasteiger partial charge in [0, 0.05) is 11.8 Å². The Labute approximate surface area is 103 Å². The molecular formula is C13H10N4O. The summed E-state index contributed by atoms with van der Waals surface area (Å²) < 4.78 is 5.64. The first-order valence-corrected chi connectivity index (χ1v) is 5.45. The highest BCUT2D eigenvalue weighted by Crippen LogP contribution is 2.23. The Morgan fingerprint density at radius 1 is 1.00 bits per heavy atom. The van der Waals surface area contributed by atoms with Crippen LogP contribution in [0.2, 0.25) is 0 Å². The summed E-state index contributed by atoms with van der Waals surface area (Å²) >= 11 is 0. The van der Waals surface area contributed by atoms with E-state index in [4.69, 9.17) is 4.74 Å². The van der Waals surface area contributed by atoms with Crippen LogP contribution >= 0.6 is 0 Å². The third kappa shape index (κ3) is 2.20. The second-order valence-electron chi connectivity index (χ2n) is 3.65. The van der Waals surface area contributed by atoms with Crippen LogP contribution in [-0.4, -0.2) is 20.2 Å². The van der Waals surface area contributed by atoms with Crippen molar-refractivity contribution in [1.82, 2.24) is 20.2 Å². The van der Waals surface area contributed by atoms with E-state index in [1.165, 1.54) is 6.33 Å². The quantitative estimate of drug-likeness (QED) is 0.761. The van der Waals surface area contributed by atoms with Gasteiger partial charge in [-0.1, -0.05) is 0 Å². The number of hydrogen-bond acceptors (Lipinski definition) is 4. The van der Waals surface area contributed by atoms with E-state index in [0.717, 1.165) is 17.1 Å². The Balaban J connectivity index is 1.80. The van der Waals surface area contributed by atoms with Gasteiger partial charge in [-0.05, 0) is 36.4 Å². The number of hydrogen-bond donors (Lipinski definition) is 1. The van der Waals surface area contributed by atoms with Gasteiger partial charge in [0.1, 0.15) is 17.8 Å². The van der Waals surface area contributed by atoms with Crippen molar-refractivity contribution in [2.24, 2.45) is 0 Å². The largest absolute Gasteiger partial charge is 0.456 e. The topological polar surface area (TPSA) is 63.7 Å². The highest BCUT2D eigenvalue weighted by molar-refractivity contribution is 5.55. The van der Waals surface area contributed by atoms with E-state index in [9.17, 15) is 0 Å². The van der Waals surface area contributed by atoms with Crippen molar-refractivity contribution in [2.75, 3.05) is 0 Å². The van der Waals surface area contributed by atoms with Crippen molar-refractivity contribution < 1.29 is 4.74 Å². The molecule has 18 heavy (non-hydrogen) atoms. The Morgan fingerprint density at radius 3 is 2.56 bits per heavy atom. The van der Waals surface area contributed by atoms with Gasteiger partial charge < -0.3 is 4.74 Å². The maximum atomic E-state index is 5.64. The van der Waals surface area contributed by atoms with E-state index >= 15 is 0 Å². The first-order valence-electron chi connectivity index (χ1n) is 5.45. The van der Waals surface area contributed by atoms with Gasteiger partial charge in [-0.25, -0.2) is 4.98 Å². The molecule has 5 heteroatoms. The number of nitrogens with zero attached hydrogens (tertiary/aromatic N) is 3. The number of ether oxygens (including phenoxy) is 1. The molecule has 3 aromatic rings. The predicted octanol–water partition coefficient (Wildman–Crippen LogP) is 2.66. The molecule has 0 fully saturated rings. The van der Waals surface area contributed by atoms with E-state index in [0.29, 0.717) is 5.75 Å². The molecule has 1 N–H and O–H groups in total. The maximum absolute atomic E-state index is 5.64. The molecule has 0 radical (unpaired) electrons. The first kappa shape index (κ1) is 10.5. The molecule has 0 unspecified atom stereocenters. The highest BCUT2D eigenvalue weighted by atomic mass is 16.5. The van der Waals surface area contributed by atoms with Crippen LogP contribution in [0.15, 0.2) is 55.1 Å². The Hall–Kier alpha value is -2.69. The van der Waals surface area contributed by atoms with Crippen molar-refractivity contribution in [3.05, 3.63) is 55.1 Å². The molecule has 2 aromatic heterocycles. The van der Waals surface area contributed by atoms with E-state index < -0.39 is 0 Å². The zero-order valence-electron chi connectivity index (χ0n) is 9.45. The number of aromatic amines is 1. The van der Waals surface area contributed by atoms with Crippen LogP contribution in [0.3, 0.4) is 0 Å². The Kier molecular flexibility index (Phi) is 2.71. The van der Waals surface area contributed by atoms with Crippen molar-refractivity contribution in [3.8, 4) is 22.9 Å². The molecule has 0 saturated heterocycles. The minimum atomic E-state index is 0.713. The van der Waals surface area contributed by atoms with Gasteiger partial charge in [0.25, 0.3) is 0 Å². The van der Waals surface area contributed by atoms with Crippen LogP contribution < -0.4 is 4.74 Å². The van der Waals surface area contributed by atoms with Crippen LogP contribution in [0.1, 0.15) is 0 Å². The van der Waals surface area contributed by atoms with Crippen molar-refractivity contribution >= 4 is 0 Å². The number of nitrogens with one attached hydrogen (secondary N) is 1. The normalized spacial score (nSPS) is 10.2. The van der Waals surface area contributed by atoms with Crippen LogP contribution in [0.5, 0.6) is 11.5 Å². The van der Waals surface area contributed by atoms with E-state index in [1.807, 2.05) is 36.4 Å². The van der Waals surface area contributed by atoms with Crippen molar-refractivity contribution in [1.29, 1.82) is 0 Å². The molecule has 0 saturated carbocycles. The number of pyridine rings is 1.